The van der Waals surface area contributed by atoms with E-state index in [1.807, 2.05) is 18.3 Å². The van der Waals surface area contributed by atoms with E-state index >= 15 is 0 Å². The summed E-state index contributed by atoms with van der Waals surface area (Å²) < 4.78 is 0. The Morgan fingerprint density at radius 1 is 1.22 bits per heavy atom. The van der Waals surface area contributed by atoms with E-state index in [0.717, 1.165) is 18.5 Å². The smallest absolute Gasteiger partial charge is 0.151 e. The Balaban J connectivity index is 1.47. The molecule has 3 aromatic rings. The first kappa shape index (κ1) is 16.7. The van der Waals surface area contributed by atoms with E-state index < -0.39 is 0 Å². The molecule has 27 heavy (non-hydrogen) atoms. The maximum atomic E-state index is 8.96. The molecule has 7 nitrogen and oxygen atoms in total. The summed E-state index contributed by atoms with van der Waals surface area (Å²) in [5.74, 6) is 1.28. The van der Waals surface area contributed by atoms with E-state index in [1.54, 1.807) is 24.4 Å². The molecule has 0 bridgehead atoms. The standard InChI is InChI=1S/C20H19N7/c21-11-16-10-15(6-8-23-16)26-19-4-2-17(22)20(27-19)25-12-13-1-3-18-14(9-13)5-7-24-18/h2,4-10,24H,1,3,12,22H2,(H2,23,25,26,27). The molecule has 3 aromatic heterocycles. The van der Waals surface area contributed by atoms with Crippen molar-refractivity contribution in [1.82, 2.24) is 15.0 Å². The van der Waals surface area contributed by atoms with Gasteiger partial charge in [0.1, 0.15) is 17.6 Å². The van der Waals surface area contributed by atoms with Crippen molar-refractivity contribution in [2.75, 3.05) is 22.9 Å². The Kier molecular flexibility index (Phi) is 4.45. The van der Waals surface area contributed by atoms with Gasteiger partial charge < -0.3 is 21.4 Å². The number of rotatable bonds is 5. The Morgan fingerprint density at radius 2 is 2.15 bits per heavy atom. The molecule has 7 heteroatoms. The molecule has 0 saturated heterocycles. The van der Waals surface area contributed by atoms with Crippen molar-refractivity contribution in [2.45, 2.75) is 12.8 Å². The summed E-state index contributed by atoms with van der Waals surface area (Å²) in [4.78, 5) is 11.8. The maximum Gasteiger partial charge on any atom is 0.151 e. The molecule has 0 amide bonds. The highest BCUT2D eigenvalue weighted by Crippen LogP contribution is 2.25. The Morgan fingerprint density at radius 3 is 3.04 bits per heavy atom. The summed E-state index contributed by atoms with van der Waals surface area (Å²) in [5.41, 5.74) is 11.6. The van der Waals surface area contributed by atoms with Gasteiger partial charge >= 0.3 is 0 Å². The number of pyridine rings is 2. The lowest BCUT2D eigenvalue weighted by molar-refractivity contribution is 0.880. The molecule has 1 aliphatic carbocycles. The van der Waals surface area contributed by atoms with Crippen molar-refractivity contribution in [3.63, 3.8) is 0 Å². The van der Waals surface area contributed by atoms with Crippen molar-refractivity contribution in [1.29, 1.82) is 5.26 Å². The van der Waals surface area contributed by atoms with Crippen LogP contribution in [-0.2, 0) is 6.42 Å². The van der Waals surface area contributed by atoms with Crippen LogP contribution in [0.25, 0.3) is 6.08 Å². The van der Waals surface area contributed by atoms with Gasteiger partial charge in [0, 0.05) is 30.3 Å². The minimum Gasteiger partial charge on any atom is -0.396 e. The zero-order chi connectivity index (χ0) is 18.6. The number of nitriles is 1. The van der Waals surface area contributed by atoms with E-state index in [4.69, 9.17) is 11.0 Å². The largest absolute Gasteiger partial charge is 0.396 e. The van der Waals surface area contributed by atoms with E-state index in [-0.39, 0.29) is 0 Å². The average molecular weight is 357 g/mol. The zero-order valence-electron chi connectivity index (χ0n) is 14.7. The average Bonchev–Trinajstić information content (AvgIpc) is 3.16. The predicted octanol–water partition coefficient (Wildman–Crippen LogP) is 3.44. The van der Waals surface area contributed by atoms with Gasteiger partial charge in [-0.15, -0.1) is 0 Å². The molecule has 1 aliphatic rings. The lowest BCUT2D eigenvalue weighted by Gasteiger charge is -2.16. The van der Waals surface area contributed by atoms with Gasteiger partial charge in [0.15, 0.2) is 5.82 Å². The summed E-state index contributed by atoms with van der Waals surface area (Å²) in [5, 5.41) is 15.5. The Labute approximate surface area is 157 Å². The third-order valence-electron chi connectivity index (χ3n) is 4.48. The monoisotopic (exact) mass is 357 g/mol. The van der Waals surface area contributed by atoms with E-state index in [2.05, 4.69) is 37.7 Å². The molecule has 0 spiro atoms. The molecule has 5 N–H and O–H groups in total. The van der Waals surface area contributed by atoms with Crippen LogP contribution >= 0.6 is 0 Å². The van der Waals surface area contributed by atoms with Crippen molar-refractivity contribution in [3.05, 3.63) is 65.2 Å². The van der Waals surface area contributed by atoms with Crippen LogP contribution in [0.4, 0.5) is 23.0 Å². The molecule has 134 valence electrons. The maximum absolute atomic E-state index is 8.96. The van der Waals surface area contributed by atoms with E-state index in [9.17, 15) is 0 Å². The van der Waals surface area contributed by atoms with Gasteiger partial charge in [0.2, 0.25) is 0 Å². The van der Waals surface area contributed by atoms with Gasteiger partial charge in [-0.1, -0.05) is 11.6 Å². The summed E-state index contributed by atoms with van der Waals surface area (Å²) >= 11 is 0. The van der Waals surface area contributed by atoms with Gasteiger partial charge in [-0.05, 0) is 48.7 Å². The third-order valence-corrected chi connectivity index (χ3v) is 4.48. The molecule has 0 atom stereocenters. The van der Waals surface area contributed by atoms with Crippen LogP contribution in [0.15, 0.2) is 48.3 Å². The minimum absolute atomic E-state index is 0.349. The number of nitrogens with one attached hydrogen (secondary N) is 3. The number of aryl methyl sites for hydroxylation is 1. The van der Waals surface area contributed by atoms with Crippen LogP contribution in [-0.4, -0.2) is 21.5 Å². The highest BCUT2D eigenvalue weighted by Gasteiger charge is 2.12. The summed E-state index contributed by atoms with van der Waals surface area (Å²) in [6.07, 6.45) is 7.79. The number of nitrogens with two attached hydrogens (primary N) is 1. The molecule has 4 rings (SSSR count). The Bertz CT molecular complexity index is 1040. The van der Waals surface area contributed by atoms with Gasteiger partial charge in [-0.25, -0.2) is 9.97 Å². The number of aromatic nitrogens is 3. The highest BCUT2D eigenvalue weighted by molar-refractivity contribution is 5.68. The van der Waals surface area contributed by atoms with Gasteiger partial charge in [0.05, 0.1) is 5.69 Å². The number of hydrogen-bond donors (Lipinski definition) is 4. The molecule has 0 aromatic carbocycles. The molecule has 0 saturated carbocycles. The van der Waals surface area contributed by atoms with Crippen LogP contribution in [0, 0.1) is 11.3 Å². The van der Waals surface area contributed by atoms with E-state index in [0.29, 0.717) is 29.6 Å². The first-order valence-corrected chi connectivity index (χ1v) is 8.70. The summed E-state index contributed by atoms with van der Waals surface area (Å²) in [6.45, 7) is 0.694. The molecular formula is C20H19N7. The SMILES string of the molecule is N#Cc1cc(Nc2ccc(N)c(NCC3=Cc4cc[nH]c4CC3)n2)ccn1. The van der Waals surface area contributed by atoms with Crippen molar-refractivity contribution in [2.24, 2.45) is 0 Å². The van der Waals surface area contributed by atoms with Crippen LogP contribution in [0.1, 0.15) is 23.4 Å². The van der Waals surface area contributed by atoms with Crippen LogP contribution in [0.3, 0.4) is 0 Å². The number of nitrogens with zero attached hydrogens (tertiary/aromatic N) is 3. The number of aromatic amines is 1. The Hall–Kier alpha value is -3.79. The van der Waals surface area contributed by atoms with Gasteiger partial charge in [0.25, 0.3) is 0 Å². The van der Waals surface area contributed by atoms with E-state index in [1.165, 1.54) is 16.8 Å². The van der Waals surface area contributed by atoms with Crippen molar-refractivity contribution < 1.29 is 0 Å². The second kappa shape index (κ2) is 7.22. The fraction of sp³-hybridized carbons (Fsp3) is 0.150. The summed E-state index contributed by atoms with van der Waals surface area (Å²) in [7, 11) is 0. The number of anilines is 4. The van der Waals surface area contributed by atoms with Crippen LogP contribution < -0.4 is 16.4 Å². The molecular weight excluding hydrogens is 338 g/mol. The van der Waals surface area contributed by atoms with Crippen molar-refractivity contribution >= 4 is 29.1 Å². The topological polar surface area (TPSA) is 115 Å². The number of fused-ring (bicyclic) bond motifs is 1. The molecule has 3 heterocycles. The van der Waals surface area contributed by atoms with Crippen molar-refractivity contribution in [3.8, 4) is 6.07 Å². The van der Waals surface area contributed by atoms with Gasteiger partial charge in [-0.3, -0.25) is 0 Å². The molecule has 0 aliphatic heterocycles. The zero-order valence-corrected chi connectivity index (χ0v) is 14.7. The quantitative estimate of drug-likeness (QED) is 0.556. The summed E-state index contributed by atoms with van der Waals surface area (Å²) in [6, 6.07) is 11.2. The second-order valence-electron chi connectivity index (χ2n) is 6.37. The minimum atomic E-state index is 0.349. The fourth-order valence-corrected chi connectivity index (χ4v) is 3.08. The molecule has 0 fully saturated rings. The first-order chi connectivity index (χ1) is 13.2. The number of hydrogen-bond acceptors (Lipinski definition) is 6. The number of nitrogen functional groups attached to an aromatic ring is 1. The van der Waals surface area contributed by atoms with Gasteiger partial charge in [-0.2, -0.15) is 5.26 Å². The molecule has 0 unspecified atom stereocenters. The third kappa shape index (κ3) is 3.75. The highest BCUT2D eigenvalue weighted by atomic mass is 15.1. The van der Waals surface area contributed by atoms with Crippen LogP contribution in [0.5, 0.6) is 0 Å². The molecule has 0 radical (unpaired) electrons. The lowest BCUT2D eigenvalue weighted by atomic mass is 9.98. The van der Waals surface area contributed by atoms with Crippen LogP contribution in [0.2, 0.25) is 0 Å². The number of H-pyrrole nitrogens is 1. The second-order valence-corrected chi connectivity index (χ2v) is 6.37. The normalized spacial score (nSPS) is 12.6. The predicted molar refractivity (Wildman–Crippen MR) is 106 cm³/mol. The lowest BCUT2D eigenvalue weighted by Crippen LogP contribution is -2.11. The first-order valence-electron chi connectivity index (χ1n) is 8.70. The fourth-order valence-electron chi connectivity index (χ4n) is 3.08.